The van der Waals surface area contributed by atoms with Crippen LogP contribution >= 0.6 is 0 Å². The van der Waals surface area contributed by atoms with E-state index in [1.54, 1.807) is 39.8 Å². The molecule has 1 aromatic heterocycles. The van der Waals surface area contributed by atoms with Gasteiger partial charge in [-0.05, 0) is 64.3 Å². The van der Waals surface area contributed by atoms with E-state index in [1.807, 2.05) is 6.92 Å². The maximum atomic E-state index is 12.5. The van der Waals surface area contributed by atoms with Gasteiger partial charge in [-0.15, -0.1) is 0 Å². The van der Waals surface area contributed by atoms with Crippen molar-refractivity contribution in [2.24, 2.45) is 0 Å². The highest BCUT2D eigenvalue weighted by Gasteiger charge is 2.23. The van der Waals surface area contributed by atoms with E-state index in [1.165, 1.54) is 13.0 Å². The van der Waals surface area contributed by atoms with Crippen LogP contribution in [0.4, 0.5) is 4.79 Å². The maximum Gasteiger partial charge on any atom is 0.408 e. The van der Waals surface area contributed by atoms with Gasteiger partial charge >= 0.3 is 17.7 Å². The molecular formula is C20H25NO6. The van der Waals surface area contributed by atoms with Gasteiger partial charge in [-0.3, -0.25) is 0 Å². The number of aryl methyl sites for hydroxylation is 2. The minimum absolute atomic E-state index is 0.286. The van der Waals surface area contributed by atoms with Gasteiger partial charge in [-0.1, -0.05) is 6.92 Å². The average Bonchev–Trinajstić information content (AvgIpc) is 2.51. The standard InChI is InChI=1S/C20H25NO6/c1-7-13-10-16(22)25-14-8-11(2)9-15(17(13)14)26-18(23)12(3)21-19(24)27-20(4,5)6/h8-10,12H,7H2,1-6H3,(H,21,24)/t12-/m0/s1. The Morgan fingerprint density at radius 1 is 1.22 bits per heavy atom. The molecule has 2 rings (SSSR count). The first kappa shape index (κ1) is 20.5. The quantitative estimate of drug-likeness (QED) is 0.499. The summed E-state index contributed by atoms with van der Waals surface area (Å²) in [6, 6.07) is 3.88. The largest absolute Gasteiger partial charge is 0.444 e. The number of amides is 1. The fourth-order valence-corrected chi connectivity index (χ4v) is 2.57. The number of rotatable bonds is 4. The molecule has 1 atom stereocenters. The van der Waals surface area contributed by atoms with Crippen molar-refractivity contribution in [3.05, 3.63) is 39.7 Å². The van der Waals surface area contributed by atoms with Crippen molar-refractivity contribution >= 4 is 23.0 Å². The molecule has 1 N–H and O–H groups in total. The number of carbonyl (C=O) groups excluding carboxylic acids is 2. The van der Waals surface area contributed by atoms with E-state index in [0.29, 0.717) is 17.4 Å². The molecule has 0 aliphatic carbocycles. The number of carbonyl (C=O) groups is 2. The van der Waals surface area contributed by atoms with Crippen molar-refractivity contribution in [2.45, 2.75) is 59.6 Å². The molecule has 7 nitrogen and oxygen atoms in total. The zero-order valence-electron chi connectivity index (χ0n) is 16.5. The number of hydrogen-bond donors (Lipinski definition) is 1. The van der Waals surface area contributed by atoms with Crippen LogP contribution in [0.5, 0.6) is 5.75 Å². The summed E-state index contributed by atoms with van der Waals surface area (Å²) in [4.78, 5) is 36.0. The maximum absolute atomic E-state index is 12.5. The minimum Gasteiger partial charge on any atom is -0.444 e. The SMILES string of the molecule is CCc1cc(=O)oc2cc(C)cc(OC(=O)[C@H](C)NC(=O)OC(C)(C)C)c12. The van der Waals surface area contributed by atoms with E-state index >= 15 is 0 Å². The fourth-order valence-electron chi connectivity index (χ4n) is 2.57. The van der Waals surface area contributed by atoms with E-state index in [4.69, 9.17) is 13.9 Å². The van der Waals surface area contributed by atoms with Crippen molar-refractivity contribution in [2.75, 3.05) is 0 Å². The molecule has 0 radical (unpaired) electrons. The van der Waals surface area contributed by atoms with Crippen LogP contribution in [0.25, 0.3) is 11.0 Å². The van der Waals surface area contributed by atoms with Crippen LogP contribution in [0, 0.1) is 6.92 Å². The Morgan fingerprint density at radius 2 is 1.89 bits per heavy atom. The summed E-state index contributed by atoms with van der Waals surface area (Å²) in [5.41, 5.74) is 0.719. The average molecular weight is 375 g/mol. The topological polar surface area (TPSA) is 94.8 Å². The van der Waals surface area contributed by atoms with Crippen LogP contribution in [0.15, 0.2) is 27.4 Å². The molecule has 0 saturated heterocycles. The summed E-state index contributed by atoms with van der Waals surface area (Å²) in [5.74, 6) is -0.366. The number of ether oxygens (including phenoxy) is 2. The molecule has 1 amide bonds. The Morgan fingerprint density at radius 3 is 2.48 bits per heavy atom. The number of hydrogen-bond acceptors (Lipinski definition) is 6. The summed E-state index contributed by atoms with van der Waals surface area (Å²) in [6.07, 6.45) is -0.136. The van der Waals surface area contributed by atoms with Crippen LogP contribution < -0.4 is 15.7 Å². The molecule has 1 aromatic carbocycles. The van der Waals surface area contributed by atoms with Gasteiger partial charge < -0.3 is 19.2 Å². The molecule has 0 aliphatic rings. The molecule has 2 aromatic rings. The third-order valence-corrected chi connectivity index (χ3v) is 3.71. The van der Waals surface area contributed by atoms with Crippen LogP contribution in [-0.4, -0.2) is 23.7 Å². The number of esters is 1. The second kappa shape index (κ2) is 7.82. The highest BCUT2D eigenvalue weighted by atomic mass is 16.6. The summed E-state index contributed by atoms with van der Waals surface area (Å²) in [7, 11) is 0. The van der Waals surface area contributed by atoms with Crippen molar-refractivity contribution in [1.82, 2.24) is 5.32 Å². The van der Waals surface area contributed by atoms with Crippen molar-refractivity contribution in [3.8, 4) is 5.75 Å². The van der Waals surface area contributed by atoms with Gasteiger partial charge in [0.1, 0.15) is 23.0 Å². The van der Waals surface area contributed by atoms with Crippen molar-refractivity contribution < 1.29 is 23.5 Å². The Bertz CT molecular complexity index is 922. The summed E-state index contributed by atoms with van der Waals surface area (Å²) < 4.78 is 15.9. The van der Waals surface area contributed by atoms with Gasteiger partial charge in [-0.25, -0.2) is 14.4 Å². The molecule has 0 unspecified atom stereocenters. The predicted molar refractivity (Wildman–Crippen MR) is 101 cm³/mol. The van der Waals surface area contributed by atoms with E-state index in [-0.39, 0.29) is 5.75 Å². The molecule has 146 valence electrons. The summed E-state index contributed by atoms with van der Waals surface area (Å²) >= 11 is 0. The van der Waals surface area contributed by atoms with Crippen LogP contribution in [0.3, 0.4) is 0 Å². The van der Waals surface area contributed by atoms with E-state index in [0.717, 1.165) is 11.1 Å². The number of alkyl carbamates (subject to hydrolysis) is 1. The molecular weight excluding hydrogens is 350 g/mol. The first-order chi connectivity index (χ1) is 12.5. The zero-order valence-corrected chi connectivity index (χ0v) is 16.5. The highest BCUT2D eigenvalue weighted by Crippen LogP contribution is 2.30. The summed E-state index contributed by atoms with van der Waals surface area (Å²) in [6.45, 7) is 10.4. The molecule has 0 aliphatic heterocycles. The van der Waals surface area contributed by atoms with Crippen LogP contribution in [0.2, 0.25) is 0 Å². The van der Waals surface area contributed by atoms with Gasteiger partial charge in [0, 0.05) is 6.07 Å². The number of nitrogens with one attached hydrogen (secondary N) is 1. The number of benzene rings is 1. The summed E-state index contributed by atoms with van der Waals surface area (Å²) in [5, 5.41) is 3.02. The molecule has 0 bridgehead atoms. The fraction of sp³-hybridized carbons (Fsp3) is 0.450. The lowest BCUT2D eigenvalue weighted by molar-refractivity contribution is -0.136. The van der Waals surface area contributed by atoms with Crippen LogP contribution in [0.1, 0.15) is 45.7 Å². The minimum atomic E-state index is -0.920. The lowest BCUT2D eigenvalue weighted by Gasteiger charge is -2.21. The van der Waals surface area contributed by atoms with Gasteiger partial charge in [0.25, 0.3) is 0 Å². The lowest BCUT2D eigenvalue weighted by atomic mass is 10.0. The Labute approximate surface area is 157 Å². The zero-order chi connectivity index (χ0) is 20.4. The third kappa shape index (κ3) is 5.32. The molecule has 0 spiro atoms. The molecule has 27 heavy (non-hydrogen) atoms. The Kier molecular flexibility index (Phi) is 5.93. The second-order valence-electron chi connectivity index (χ2n) is 7.37. The predicted octanol–water partition coefficient (Wildman–Crippen LogP) is 3.48. The monoisotopic (exact) mass is 375 g/mol. The van der Waals surface area contributed by atoms with E-state index < -0.39 is 29.3 Å². The van der Waals surface area contributed by atoms with Gasteiger partial charge in [0.2, 0.25) is 0 Å². The lowest BCUT2D eigenvalue weighted by Crippen LogP contribution is -2.43. The molecule has 1 heterocycles. The molecule has 0 saturated carbocycles. The van der Waals surface area contributed by atoms with E-state index in [9.17, 15) is 14.4 Å². The Balaban J connectivity index is 2.28. The molecule has 0 fully saturated rings. The van der Waals surface area contributed by atoms with Gasteiger partial charge in [-0.2, -0.15) is 0 Å². The third-order valence-electron chi connectivity index (χ3n) is 3.71. The van der Waals surface area contributed by atoms with Crippen molar-refractivity contribution in [1.29, 1.82) is 0 Å². The van der Waals surface area contributed by atoms with Gasteiger partial charge in [0.15, 0.2) is 0 Å². The van der Waals surface area contributed by atoms with Gasteiger partial charge in [0.05, 0.1) is 5.39 Å². The normalized spacial score (nSPS) is 12.5. The van der Waals surface area contributed by atoms with E-state index in [2.05, 4.69) is 5.32 Å². The first-order valence-corrected chi connectivity index (χ1v) is 8.78. The van der Waals surface area contributed by atoms with Crippen molar-refractivity contribution in [3.63, 3.8) is 0 Å². The molecule has 7 heteroatoms. The second-order valence-corrected chi connectivity index (χ2v) is 7.37. The highest BCUT2D eigenvalue weighted by molar-refractivity contribution is 5.91. The first-order valence-electron chi connectivity index (χ1n) is 8.78. The van der Waals surface area contributed by atoms with Crippen LogP contribution in [-0.2, 0) is 16.0 Å². The Hall–Kier alpha value is -2.83. The smallest absolute Gasteiger partial charge is 0.408 e. The number of fused-ring (bicyclic) bond motifs is 1.